The van der Waals surface area contributed by atoms with E-state index in [0.717, 1.165) is 11.0 Å². The molecule has 0 fully saturated rings. The van der Waals surface area contributed by atoms with Crippen LogP contribution >= 0.6 is 0 Å². The highest BCUT2D eigenvalue weighted by Gasteiger charge is 1.97. The summed E-state index contributed by atoms with van der Waals surface area (Å²) in [6.45, 7) is 0. The van der Waals surface area contributed by atoms with Crippen molar-refractivity contribution in [3.63, 3.8) is 0 Å². The first kappa shape index (κ1) is 6.69. The molecule has 1 N–H and O–H groups in total. The molecule has 0 amide bonds. The number of imidazole rings is 1. The average Bonchev–Trinajstić information content (AvgIpc) is 2.47. The first-order valence-corrected chi connectivity index (χ1v) is 3.40. The van der Waals surface area contributed by atoms with E-state index in [1.165, 1.54) is 0 Å². The van der Waals surface area contributed by atoms with Crippen LogP contribution in [0.5, 0.6) is 0 Å². The van der Waals surface area contributed by atoms with Gasteiger partial charge in [-0.1, -0.05) is 12.1 Å². The summed E-state index contributed by atoms with van der Waals surface area (Å²) in [7, 11) is 0. The van der Waals surface area contributed by atoms with Crippen molar-refractivity contribution < 1.29 is 0 Å². The lowest BCUT2D eigenvalue weighted by molar-refractivity contribution is 1.25. The van der Waals surface area contributed by atoms with Gasteiger partial charge in [0.25, 0.3) is 0 Å². The molecule has 1 aromatic carbocycles. The molecule has 1 heterocycles. The lowest BCUT2D eigenvalue weighted by Crippen LogP contribution is -1.63. The third kappa shape index (κ3) is 0.980. The van der Waals surface area contributed by atoms with E-state index < -0.39 is 0 Å². The number of nitrogens with zero attached hydrogens (tertiary/aromatic N) is 4. The van der Waals surface area contributed by atoms with Crippen LogP contribution in [0.25, 0.3) is 21.5 Å². The van der Waals surface area contributed by atoms with Crippen LogP contribution in [0.3, 0.4) is 0 Å². The molecule has 1 aromatic heterocycles. The minimum Gasteiger partial charge on any atom is -0.337 e. The van der Waals surface area contributed by atoms with Gasteiger partial charge in [-0.3, -0.25) is 0 Å². The van der Waals surface area contributed by atoms with Gasteiger partial charge in [-0.25, -0.2) is 4.98 Å². The summed E-state index contributed by atoms with van der Waals surface area (Å²) in [4.78, 5) is 9.52. The van der Waals surface area contributed by atoms with Crippen LogP contribution in [0.2, 0.25) is 0 Å². The topological polar surface area (TPSA) is 77.4 Å². The van der Waals surface area contributed by atoms with Crippen LogP contribution in [-0.4, -0.2) is 9.97 Å². The van der Waals surface area contributed by atoms with Crippen molar-refractivity contribution in [2.75, 3.05) is 0 Å². The third-order valence-electron chi connectivity index (χ3n) is 1.52. The van der Waals surface area contributed by atoms with Gasteiger partial charge in [0, 0.05) is 4.91 Å². The highest BCUT2D eigenvalue weighted by molar-refractivity contribution is 5.76. The van der Waals surface area contributed by atoms with Crippen molar-refractivity contribution in [1.29, 1.82) is 0 Å². The van der Waals surface area contributed by atoms with Crippen LogP contribution < -0.4 is 0 Å². The molecule has 0 saturated heterocycles. The molecule has 0 aliphatic carbocycles. The Morgan fingerprint density at radius 3 is 3.00 bits per heavy atom. The second-order valence-corrected chi connectivity index (χ2v) is 2.27. The second-order valence-electron chi connectivity index (χ2n) is 2.27. The molecule has 2 rings (SSSR count). The predicted octanol–water partition coefficient (Wildman–Crippen LogP) is 2.50. The fourth-order valence-corrected chi connectivity index (χ4v) is 1.03. The van der Waals surface area contributed by atoms with Gasteiger partial charge in [0.05, 0.1) is 11.0 Å². The summed E-state index contributed by atoms with van der Waals surface area (Å²) >= 11 is 0. The first-order valence-electron chi connectivity index (χ1n) is 3.40. The maximum Gasteiger partial charge on any atom is 0.195 e. The van der Waals surface area contributed by atoms with Crippen LogP contribution in [0.1, 0.15) is 0 Å². The fraction of sp³-hybridized carbons (Fsp3) is 0. The smallest absolute Gasteiger partial charge is 0.195 e. The van der Waals surface area contributed by atoms with E-state index in [9.17, 15) is 0 Å². The summed E-state index contributed by atoms with van der Waals surface area (Å²) in [5.74, 6) is 0.304. The lowest BCUT2D eigenvalue weighted by atomic mass is 10.3. The minimum atomic E-state index is 0.304. The highest BCUT2D eigenvalue weighted by Crippen LogP contribution is 2.14. The number of aromatic amines is 1. The Balaban J connectivity index is 2.69. The third-order valence-corrected chi connectivity index (χ3v) is 1.52. The molecule has 0 radical (unpaired) electrons. The number of aromatic nitrogens is 2. The molecule has 0 atom stereocenters. The average molecular weight is 159 g/mol. The first-order chi connectivity index (χ1) is 5.90. The molecule has 58 valence electrons. The molecular formula is C7H5N5. The van der Waals surface area contributed by atoms with E-state index in [2.05, 4.69) is 20.0 Å². The van der Waals surface area contributed by atoms with E-state index in [1.54, 1.807) is 0 Å². The van der Waals surface area contributed by atoms with Gasteiger partial charge in [0.1, 0.15) is 0 Å². The SMILES string of the molecule is [N-]=[N+]=Nc1nc2ccccc2[nH]1. The van der Waals surface area contributed by atoms with Gasteiger partial charge in [-0.05, 0) is 22.8 Å². The van der Waals surface area contributed by atoms with Crippen molar-refractivity contribution in [3.05, 3.63) is 34.7 Å². The number of nitrogens with one attached hydrogen (secondary N) is 1. The predicted molar refractivity (Wildman–Crippen MR) is 44.9 cm³/mol. The number of H-pyrrole nitrogens is 1. The number of rotatable bonds is 1. The Hall–Kier alpha value is -2.00. The zero-order valence-corrected chi connectivity index (χ0v) is 6.10. The molecule has 0 aliphatic rings. The number of benzene rings is 1. The monoisotopic (exact) mass is 159 g/mol. The van der Waals surface area contributed by atoms with Crippen LogP contribution in [0.15, 0.2) is 29.4 Å². The Morgan fingerprint density at radius 2 is 2.25 bits per heavy atom. The zero-order valence-electron chi connectivity index (χ0n) is 6.10. The van der Waals surface area contributed by atoms with Crippen LogP contribution in [0, 0.1) is 0 Å². The molecular weight excluding hydrogens is 154 g/mol. The van der Waals surface area contributed by atoms with E-state index >= 15 is 0 Å². The molecule has 5 heteroatoms. The fourth-order valence-electron chi connectivity index (χ4n) is 1.03. The summed E-state index contributed by atoms with van der Waals surface area (Å²) < 4.78 is 0. The summed E-state index contributed by atoms with van der Waals surface area (Å²) in [6.07, 6.45) is 0. The number of azide groups is 1. The molecule has 0 bridgehead atoms. The van der Waals surface area contributed by atoms with Crippen molar-refractivity contribution in [3.8, 4) is 0 Å². The normalized spacial score (nSPS) is 9.67. The number of hydrogen-bond donors (Lipinski definition) is 1. The largest absolute Gasteiger partial charge is 0.337 e. The molecule has 2 aromatic rings. The van der Waals surface area contributed by atoms with Crippen molar-refractivity contribution >= 4 is 17.0 Å². The standard InChI is InChI=1S/C7H5N5/c8-12-11-7-9-5-3-1-2-4-6(5)10-7/h1-4H,(H,9,10). The lowest BCUT2D eigenvalue weighted by Gasteiger charge is -1.81. The summed E-state index contributed by atoms with van der Waals surface area (Å²) in [5, 5.41) is 3.36. The molecule has 0 spiro atoms. The number of hydrogen-bond acceptors (Lipinski definition) is 2. The van der Waals surface area contributed by atoms with Crippen molar-refractivity contribution in [1.82, 2.24) is 9.97 Å². The molecule has 12 heavy (non-hydrogen) atoms. The summed E-state index contributed by atoms with van der Waals surface area (Å²) in [6, 6.07) is 7.49. The second kappa shape index (κ2) is 2.56. The Morgan fingerprint density at radius 1 is 1.42 bits per heavy atom. The summed E-state index contributed by atoms with van der Waals surface area (Å²) in [5.41, 5.74) is 9.82. The molecule has 0 unspecified atom stereocenters. The van der Waals surface area contributed by atoms with Gasteiger partial charge in [-0.15, -0.1) is 0 Å². The molecule has 0 saturated carbocycles. The van der Waals surface area contributed by atoms with Crippen molar-refractivity contribution in [2.24, 2.45) is 5.11 Å². The highest BCUT2D eigenvalue weighted by atomic mass is 15.2. The zero-order chi connectivity index (χ0) is 8.39. The van der Waals surface area contributed by atoms with Gasteiger partial charge in [-0.2, -0.15) is 0 Å². The quantitative estimate of drug-likeness (QED) is 0.387. The minimum absolute atomic E-state index is 0.304. The van der Waals surface area contributed by atoms with Crippen LogP contribution in [0.4, 0.5) is 5.95 Å². The maximum absolute atomic E-state index is 8.14. The maximum atomic E-state index is 8.14. The Kier molecular flexibility index (Phi) is 1.43. The van der Waals surface area contributed by atoms with Crippen LogP contribution in [-0.2, 0) is 0 Å². The Bertz CT molecular complexity index is 419. The van der Waals surface area contributed by atoms with Gasteiger partial charge < -0.3 is 4.98 Å². The number of para-hydroxylation sites is 2. The van der Waals surface area contributed by atoms with Gasteiger partial charge in [0.15, 0.2) is 5.95 Å². The number of fused-ring (bicyclic) bond motifs is 1. The molecule has 5 nitrogen and oxygen atoms in total. The van der Waals surface area contributed by atoms with E-state index in [0.29, 0.717) is 5.95 Å². The molecule has 0 aliphatic heterocycles. The van der Waals surface area contributed by atoms with E-state index in [4.69, 9.17) is 5.53 Å². The van der Waals surface area contributed by atoms with Crippen molar-refractivity contribution in [2.45, 2.75) is 0 Å². The Labute approximate surface area is 67.7 Å². The van der Waals surface area contributed by atoms with Gasteiger partial charge in [0.2, 0.25) is 0 Å². The van der Waals surface area contributed by atoms with E-state index in [-0.39, 0.29) is 0 Å². The van der Waals surface area contributed by atoms with E-state index in [1.807, 2.05) is 24.3 Å². The van der Waals surface area contributed by atoms with Gasteiger partial charge >= 0.3 is 0 Å².